The smallest absolute Gasteiger partial charge is 0.378 e. The maximum absolute atomic E-state index is 2.67. The predicted octanol–water partition coefficient (Wildman–Crippen LogP) is 3.19. The Kier molecular flexibility index (Phi) is 16.5. The fourth-order valence-corrected chi connectivity index (χ4v) is 3.79. The molecule has 0 aromatic carbocycles. The van der Waals surface area contributed by atoms with Gasteiger partial charge in [-0.2, -0.15) is 0 Å². The van der Waals surface area contributed by atoms with Crippen molar-refractivity contribution in [2.24, 2.45) is 0 Å². The van der Waals surface area contributed by atoms with Gasteiger partial charge in [-0.1, -0.05) is 27.7 Å². The van der Waals surface area contributed by atoms with Crippen molar-refractivity contribution in [3.63, 3.8) is 0 Å². The second-order valence-corrected chi connectivity index (χ2v) is 5.88. The van der Waals surface area contributed by atoms with Crippen LogP contribution in [0.1, 0.15) is 53.4 Å². The van der Waals surface area contributed by atoms with E-state index in [1.165, 1.54) is 51.9 Å². The van der Waals surface area contributed by atoms with Crippen molar-refractivity contribution in [3.05, 3.63) is 0 Å². The van der Waals surface area contributed by atoms with Gasteiger partial charge in [-0.25, -0.2) is 0 Å². The lowest BCUT2D eigenvalue weighted by atomic mass is 10.4. The van der Waals surface area contributed by atoms with Crippen molar-refractivity contribution in [2.75, 3.05) is 26.2 Å². The second-order valence-electron chi connectivity index (χ2n) is 4.19. The molecule has 1 radical (unpaired) electrons. The van der Waals surface area contributed by atoms with Gasteiger partial charge in [0.25, 0.3) is 0 Å². The van der Waals surface area contributed by atoms with E-state index in [1.807, 2.05) is 0 Å². The topological polar surface area (TPSA) is 6.48 Å². The SMILES string of the molecule is CCC[N](CCC)[Al][N](CCC)CCC.Cl. The Morgan fingerprint density at radius 2 is 0.875 bits per heavy atom. The molecule has 0 saturated carbocycles. The third-order valence-corrected chi connectivity index (χ3v) is 4.06. The van der Waals surface area contributed by atoms with Crippen LogP contribution in [-0.2, 0) is 0 Å². The van der Waals surface area contributed by atoms with Gasteiger partial charge in [-0.05, 0) is 51.9 Å². The van der Waals surface area contributed by atoms with Crippen molar-refractivity contribution in [3.8, 4) is 0 Å². The van der Waals surface area contributed by atoms with E-state index in [2.05, 4.69) is 35.5 Å². The molecule has 0 N–H and O–H groups in total. The normalized spacial score (nSPS) is 10.6. The quantitative estimate of drug-likeness (QED) is 0.559. The number of rotatable bonds is 10. The third kappa shape index (κ3) is 9.93. The van der Waals surface area contributed by atoms with E-state index >= 15 is 0 Å². The van der Waals surface area contributed by atoms with E-state index in [4.69, 9.17) is 0 Å². The number of nitrogens with zero attached hydrogens (tertiary/aromatic N) is 2. The molecule has 0 aliphatic carbocycles. The molecule has 0 bridgehead atoms. The van der Waals surface area contributed by atoms with E-state index in [-0.39, 0.29) is 12.4 Å². The van der Waals surface area contributed by atoms with Crippen molar-refractivity contribution in [1.82, 2.24) is 7.77 Å². The summed E-state index contributed by atoms with van der Waals surface area (Å²) in [5.41, 5.74) is 0. The Balaban J connectivity index is 0. The molecule has 0 amide bonds. The molecule has 0 aromatic heterocycles. The number of halogens is 1. The van der Waals surface area contributed by atoms with Crippen LogP contribution in [0.4, 0.5) is 0 Å². The van der Waals surface area contributed by atoms with Gasteiger partial charge in [0.15, 0.2) is 0 Å². The van der Waals surface area contributed by atoms with Gasteiger partial charge in [0.05, 0.1) is 0 Å². The summed E-state index contributed by atoms with van der Waals surface area (Å²) in [6, 6.07) is 0. The summed E-state index contributed by atoms with van der Waals surface area (Å²) in [6.45, 7) is 14.3. The molecule has 2 nitrogen and oxygen atoms in total. The van der Waals surface area contributed by atoms with Crippen molar-refractivity contribution in [2.45, 2.75) is 53.4 Å². The molecule has 0 unspecified atom stereocenters. The second kappa shape index (κ2) is 13.8. The minimum atomic E-state index is 0. The predicted molar refractivity (Wildman–Crippen MR) is 77.3 cm³/mol. The summed E-state index contributed by atoms with van der Waals surface area (Å²) < 4.78 is 5.34. The molecule has 0 fully saturated rings. The number of hydrogen-bond donors (Lipinski definition) is 0. The highest BCUT2D eigenvalue weighted by Gasteiger charge is 2.12. The lowest BCUT2D eigenvalue weighted by Gasteiger charge is -2.28. The molecular formula is C12H29AlClN2. The maximum Gasteiger partial charge on any atom is 0.455 e. The fraction of sp³-hybridized carbons (Fsp3) is 1.00. The van der Waals surface area contributed by atoms with Gasteiger partial charge >= 0.3 is 15.7 Å². The van der Waals surface area contributed by atoms with Gasteiger partial charge in [0.1, 0.15) is 0 Å². The standard InChI is InChI=1S/2C6H14N.Al.ClH/c2*1-3-5-7-6-4-2;;/h2*3-6H2,1-2H3;;1H/q2*-1;+2;. The van der Waals surface area contributed by atoms with Gasteiger partial charge in [0, 0.05) is 0 Å². The molecular weight excluding hydrogens is 235 g/mol. The van der Waals surface area contributed by atoms with Crippen LogP contribution in [0.2, 0.25) is 0 Å². The van der Waals surface area contributed by atoms with Crippen molar-refractivity contribution in [1.29, 1.82) is 0 Å². The van der Waals surface area contributed by atoms with Crippen LogP contribution >= 0.6 is 12.4 Å². The molecule has 0 aromatic rings. The number of hydrogen-bond acceptors (Lipinski definition) is 2. The van der Waals surface area contributed by atoms with Crippen molar-refractivity contribution < 1.29 is 0 Å². The molecule has 0 rings (SSSR count). The first-order valence-corrected chi connectivity index (χ1v) is 7.64. The monoisotopic (exact) mass is 263 g/mol. The average Bonchev–Trinajstić information content (AvgIpc) is 2.19. The first-order valence-electron chi connectivity index (χ1n) is 6.61. The summed E-state index contributed by atoms with van der Waals surface area (Å²) >= 11 is 0.385. The molecule has 0 spiro atoms. The molecule has 0 atom stereocenters. The zero-order valence-electron chi connectivity index (χ0n) is 11.5. The first kappa shape index (κ1) is 19.1. The van der Waals surface area contributed by atoms with Crippen LogP contribution in [0.5, 0.6) is 0 Å². The van der Waals surface area contributed by atoms with Crippen LogP contribution in [0.3, 0.4) is 0 Å². The van der Waals surface area contributed by atoms with Crippen LogP contribution in [-0.4, -0.2) is 49.6 Å². The highest BCUT2D eigenvalue weighted by molar-refractivity contribution is 6.28. The van der Waals surface area contributed by atoms with Gasteiger partial charge in [0.2, 0.25) is 0 Å². The highest BCUT2D eigenvalue weighted by Crippen LogP contribution is 1.98. The molecule has 97 valence electrons. The van der Waals surface area contributed by atoms with Crippen molar-refractivity contribution >= 4 is 28.1 Å². The Morgan fingerprint density at radius 1 is 0.625 bits per heavy atom. The average molecular weight is 264 g/mol. The van der Waals surface area contributed by atoms with Gasteiger partial charge in [-0.15, -0.1) is 12.4 Å². The van der Waals surface area contributed by atoms with E-state index in [1.54, 1.807) is 0 Å². The molecule has 0 saturated heterocycles. The largest absolute Gasteiger partial charge is 0.455 e. The zero-order valence-corrected chi connectivity index (χ0v) is 13.5. The van der Waals surface area contributed by atoms with E-state index < -0.39 is 0 Å². The van der Waals surface area contributed by atoms with E-state index in [0.29, 0.717) is 15.7 Å². The Hall–Kier alpha value is 0.742. The van der Waals surface area contributed by atoms with E-state index in [9.17, 15) is 0 Å². The minimum absolute atomic E-state index is 0. The zero-order chi connectivity index (χ0) is 11.5. The molecule has 0 heterocycles. The first-order chi connectivity index (χ1) is 7.28. The fourth-order valence-electron chi connectivity index (χ4n) is 1.83. The molecule has 16 heavy (non-hydrogen) atoms. The lowest BCUT2D eigenvalue weighted by Crippen LogP contribution is -2.43. The Bertz CT molecular complexity index is 110. The summed E-state index contributed by atoms with van der Waals surface area (Å²) in [7, 11) is 0. The molecule has 0 aliphatic heterocycles. The van der Waals surface area contributed by atoms with Crippen LogP contribution in [0.15, 0.2) is 0 Å². The summed E-state index contributed by atoms with van der Waals surface area (Å²) in [6.07, 6.45) is 5.16. The molecule has 4 heteroatoms. The summed E-state index contributed by atoms with van der Waals surface area (Å²) in [5, 5.41) is 0. The minimum Gasteiger partial charge on any atom is -0.378 e. The Labute approximate surface area is 115 Å². The summed E-state index contributed by atoms with van der Waals surface area (Å²) in [4.78, 5) is 0. The van der Waals surface area contributed by atoms with Crippen LogP contribution in [0, 0.1) is 0 Å². The third-order valence-electron chi connectivity index (χ3n) is 2.37. The molecule has 0 aliphatic rings. The van der Waals surface area contributed by atoms with Gasteiger partial charge < -0.3 is 7.77 Å². The maximum atomic E-state index is 2.67. The van der Waals surface area contributed by atoms with Gasteiger partial charge in [-0.3, -0.25) is 0 Å². The lowest BCUT2D eigenvalue weighted by molar-refractivity contribution is 0.358. The Morgan fingerprint density at radius 3 is 1.06 bits per heavy atom. The van der Waals surface area contributed by atoms with E-state index in [0.717, 1.165) is 0 Å². The van der Waals surface area contributed by atoms with Crippen LogP contribution in [0.25, 0.3) is 0 Å². The van der Waals surface area contributed by atoms with Crippen LogP contribution < -0.4 is 0 Å². The summed E-state index contributed by atoms with van der Waals surface area (Å²) in [5.74, 6) is 0. The highest BCUT2D eigenvalue weighted by atomic mass is 35.5.